The average molecular weight is 443 g/mol. The number of halogens is 1. The van der Waals surface area contributed by atoms with Crippen LogP contribution in [0.25, 0.3) is 0 Å². The lowest BCUT2D eigenvalue weighted by Gasteiger charge is -2.59. The van der Waals surface area contributed by atoms with Crippen LogP contribution in [0.1, 0.15) is 46.0 Å². The van der Waals surface area contributed by atoms with E-state index < -0.39 is 43.3 Å². The summed E-state index contributed by atoms with van der Waals surface area (Å²) in [5.74, 6) is -0.836. The van der Waals surface area contributed by atoms with Crippen molar-refractivity contribution in [2.45, 2.75) is 73.0 Å². The normalized spacial score (nSPS) is 47.6. The number of hydrogen-bond acceptors (Lipinski definition) is 4. The fraction of sp³-hybridized carbons (Fsp3) is 0.560. The number of benzene rings is 1. The highest BCUT2D eigenvalue weighted by atomic mass is 32.2. The minimum atomic E-state index is -3.74. The van der Waals surface area contributed by atoms with Gasteiger partial charge in [0.15, 0.2) is 21.3 Å². The molecule has 31 heavy (non-hydrogen) atoms. The lowest BCUT2D eigenvalue weighted by atomic mass is 9.48. The molecule has 1 heterocycles. The van der Waals surface area contributed by atoms with Gasteiger partial charge in [-0.05, 0) is 76.2 Å². The number of allylic oxidation sites excluding steroid dienone is 4. The summed E-state index contributed by atoms with van der Waals surface area (Å²) in [4.78, 5) is 12.3. The molecule has 0 spiro atoms. The maximum atomic E-state index is 17.4. The minimum absolute atomic E-state index is 0.104. The van der Waals surface area contributed by atoms with Crippen LogP contribution in [0.5, 0.6) is 0 Å². The maximum Gasteiger partial charge on any atom is 0.187 e. The summed E-state index contributed by atoms with van der Waals surface area (Å²) >= 11 is 0. The van der Waals surface area contributed by atoms with Gasteiger partial charge in [-0.15, -0.1) is 0 Å². The molecule has 1 aromatic rings. The van der Waals surface area contributed by atoms with E-state index in [0.29, 0.717) is 30.6 Å². The van der Waals surface area contributed by atoms with Gasteiger partial charge >= 0.3 is 0 Å². The zero-order chi connectivity index (χ0) is 21.9. The Kier molecular flexibility index (Phi) is 3.69. The number of rotatable bonds is 2. The Bertz CT molecular complexity index is 1160. The van der Waals surface area contributed by atoms with Gasteiger partial charge < -0.3 is 4.74 Å². The molecule has 0 amide bonds. The molecule has 0 N–H and O–H groups in total. The molecule has 0 unspecified atom stereocenters. The molecule has 4 nitrogen and oxygen atoms in total. The third kappa shape index (κ3) is 2.01. The Labute approximate surface area is 182 Å². The summed E-state index contributed by atoms with van der Waals surface area (Å²) in [6.07, 6.45) is 6.54. The summed E-state index contributed by atoms with van der Waals surface area (Å²) in [6, 6.07) is 8.59. The second-order valence-electron chi connectivity index (χ2n) is 10.4. The molecule has 0 radical (unpaired) electrons. The van der Waals surface area contributed by atoms with Crippen molar-refractivity contribution >= 4 is 15.6 Å². The van der Waals surface area contributed by atoms with Gasteiger partial charge in [0.1, 0.15) is 4.75 Å². The Morgan fingerprint density at radius 1 is 1.10 bits per heavy atom. The van der Waals surface area contributed by atoms with E-state index in [1.807, 2.05) is 13.8 Å². The van der Waals surface area contributed by atoms with E-state index in [0.717, 1.165) is 5.57 Å². The van der Waals surface area contributed by atoms with Crippen molar-refractivity contribution in [1.82, 2.24) is 0 Å². The third-order valence-corrected chi connectivity index (χ3v) is 12.2. The second kappa shape index (κ2) is 5.76. The monoisotopic (exact) mass is 442 g/mol. The Hall–Kier alpha value is -1.79. The van der Waals surface area contributed by atoms with Crippen molar-refractivity contribution in [3.63, 3.8) is 0 Å². The Balaban J connectivity index is 1.55. The zero-order valence-corrected chi connectivity index (χ0v) is 18.6. The molecule has 0 aromatic heterocycles. The van der Waals surface area contributed by atoms with E-state index >= 15 is 4.39 Å². The van der Waals surface area contributed by atoms with Crippen molar-refractivity contribution in [2.24, 2.45) is 17.3 Å². The Morgan fingerprint density at radius 3 is 2.58 bits per heavy atom. The topological polar surface area (TPSA) is 60.4 Å². The van der Waals surface area contributed by atoms with Gasteiger partial charge in [-0.1, -0.05) is 29.8 Å². The van der Waals surface area contributed by atoms with Gasteiger partial charge in [0.2, 0.25) is 0 Å². The molecule has 2 bridgehead atoms. The molecule has 4 aliphatic carbocycles. The van der Waals surface area contributed by atoms with Gasteiger partial charge in [-0.25, -0.2) is 12.8 Å². The van der Waals surface area contributed by atoms with Crippen molar-refractivity contribution in [3.05, 3.63) is 54.1 Å². The summed E-state index contributed by atoms with van der Waals surface area (Å²) in [7, 11) is -3.74. The summed E-state index contributed by atoms with van der Waals surface area (Å²) in [5.41, 5.74) is -2.78. The minimum Gasteiger partial charge on any atom is -0.367 e. The number of ketones is 1. The van der Waals surface area contributed by atoms with Gasteiger partial charge in [-0.3, -0.25) is 4.79 Å². The first-order valence-corrected chi connectivity index (χ1v) is 12.7. The first kappa shape index (κ1) is 19.9. The van der Waals surface area contributed by atoms with Gasteiger partial charge in [-0.2, -0.15) is 0 Å². The number of fused-ring (bicyclic) bond motifs is 6. The van der Waals surface area contributed by atoms with Crippen LogP contribution < -0.4 is 0 Å². The number of carbonyl (C=O) groups excluding carboxylic acids is 1. The van der Waals surface area contributed by atoms with Crippen molar-refractivity contribution in [2.75, 3.05) is 0 Å². The zero-order valence-electron chi connectivity index (χ0n) is 17.8. The van der Waals surface area contributed by atoms with Crippen LogP contribution in [0.15, 0.2) is 59.0 Å². The van der Waals surface area contributed by atoms with Gasteiger partial charge in [0, 0.05) is 11.3 Å². The number of sulfone groups is 1. The first-order chi connectivity index (χ1) is 14.6. The van der Waals surface area contributed by atoms with E-state index in [2.05, 4.69) is 0 Å². The molecular formula is C25H27FO4S. The molecule has 5 aliphatic rings. The van der Waals surface area contributed by atoms with E-state index in [1.165, 1.54) is 6.08 Å². The van der Waals surface area contributed by atoms with Crippen LogP contribution in [0.2, 0.25) is 0 Å². The molecule has 1 aromatic carbocycles. The summed E-state index contributed by atoms with van der Waals surface area (Å²) < 4.78 is 51.1. The van der Waals surface area contributed by atoms with Crippen LogP contribution in [0, 0.1) is 17.3 Å². The Morgan fingerprint density at radius 2 is 1.84 bits per heavy atom. The van der Waals surface area contributed by atoms with Crippen LogP contribution in [0.4, 0.5) is 4.39 Å². The standard InChI is InChI=1S/C25H27FO4S/c1-22-12-10-17(27)14-16(22)8-9-20-19-11-13-23(2)24(19,15-21(30-23)25(20,22)26)31(28,29)18-6-4-3-5-7-18/h3-7,10,12,14,19-21H,8-9,11,13,15H2,1-2H3/t19-,20-,21-,22-,23-,24-,25-/m0/s1. The van der Waals surface area contributed by atoms with Crippen molar-refractivity contribution < 1.29 is 22.3 Å². The molecule has 1 saturated heterocycles. The van der Waals surface area contributed by atoms with E-state index in [1.54, 1.807) is 42.5 Å². The molecule has 164 valence electrons. The number of alkyl halides is 1. The lowest BCUT2D eigenvalue weighted by molar-refractivity contribution is -0.168. The smallest absolute Gasteiger partial charge is 0.187 e. The fourth-order valence-electron chi connectivity index (χ4n) is 7.99. The predicted octanol–water partition coefficient (Wildman–Crippen LogP) is 4.36. The van der Waals surface area contributed by atoms with Crippen LogP contribution in [-0.4, -0.2) is 36.3 Å². The molecular weight excluding hydrogens is 415 g/mol. The van der Waals surface area contributed by atoms with E-state index in [9.17, 15) is 13.2 Å². The van der Waals surface area contributed by atoms with Crippen LogP contribution >= 0.6 is 0 Å². The quantitative estimate of drug-likeness (QED) is 0.683. The molecule has 3 saturated carbocycles. The largest absolute Gasteiger partial charge is 0.367 e. The van der Waals surface area contributed by atoms with Crippen molar-refractivity contribution in [3.8, 4) is 0 Å². The third-order valence-electron chi connectivity index (χ3n) is 9.43. The number of hydrogen-bond donors (Lipinski definition) is 0. The number of ether oxygens (including phenoxy) is 1. The van der Waals surface area contributed by atoms with E-state index in [4.69, 9.17) is 4.74 Å². The SMILES string of the molecule is C[C@]12C=CC(=O)C=C1CC[C@H]1[C@@H]3CC[C@]4(C)O[C@@H](C[C@]34S(=O)(=O)c3ccccc3)[C@@]12F. The molecule has 1 aliphatic heterocycles. The number of carbonyl (C=O) groups is 1. The molecule has 6 heteroatoms. The highest BCUT2D eigenvalue weighted by Crippen LogP contribution is 2.74. The average Bonchev–Trinajstić information content (AvgIpc) is 3.19. The van der Waals surface area contributed by atoms with Crippen LogP contribution in [-0.2, 0) is 19.4 Å². The second-order valence-corrected chi connectivity index (χ2v) is 12.6. The highest BCUT2D eigenvalue weighted by molar-refractivity contribution is 7.93. The predicted molar refractivity (Wildman–Crippen MR) is 114 cm³/mol. The summed E-state index contributed by atoms with van der Waals surface area (Å²) in [6.45, 7) is 3.75. The molecule has 6 rings (SSSR count). The van der Waals surface area contributed by atoms with Crippen LogP contribution in [0.3, 0.4) is 0 Å². The summed E-state index contributed by atoms with van der Waals surface area (Å²) in [5, 5.41) is 0. The fourth-order valence-corrected chi connectivity index (χ4v) is 10.7. The van der Waals surface area contributed by atoms with Gasteiger partial charge in [0.05, 0.1) is 16.6 Å². The van der Waals surface area contributed by atoms with E-state index in [-0.39, 0.29) is 18.1 Å². The molecule has 4 fully saturated rings. The lowest BCUT2D eigenvalue weighted by Crippen LogP contribution is -2.67. The maximum absolute atomic E-state index is 17.4. The van der Waals surface area contributed by atoms with Gasteiger partial charge in [0.25, 0.3) is 0 Å². The first-order valence-electron chi connectivity index (χ1n) is 11.2. The highest BCUT2D eigenvalue weighted by Gasteiger charge is 2.82. The van der Waals surface area contributed by atoms with Crippen molar-refractivity contribution in [1.29, 1.82) is 0 Å². The molecule has 7 atom stereocenters.